The Labute approximate surface area is 111 Å². The zero-order valence-electron chi connectivity index (χ0n) is 9.74. The standard InChI is InChI=1S/C15H12ClNO/c16-14-4-2-1-3-13(14)15(18)10-5-6-11-8-17-9-12(11)7-10/h1-7,17H,8-9H2. The molecule has 0 unspecified atom stereocenters. The zero-order chi connectivity index (χ0) is 12.5. The fourth-order valence-corrected chi connectivity index (χ4v) is 2.46. The minimum absolute atomic E-state index is 0.0182. The molecule has 1 heterocycles. The molecule has 0 amide bonds. The van der Waals surface area contributed by atoms with E-state index in [0.29, 0.717) is 16.1 Å². The van der Waals surface area contributed by atoms with Crippen LogP contribution >= 0.6 is 11.6 Å². The van der Waals surface area contributed by atoms with Gasteiger partial charge in [0.25, 0.3) is 0 Å². The molecule has 2 aromatic rings. The van der Waals surface area contributed by atoms with Crippen LogP contribution in [-0.2, 0) is 13.1 Å². The molecule has 2 nitrogen and oxygen atoms in total. The summed E-state index contributed by atoms with van der Waals surface area (Å²) >= 11 is 6.05. The van der Waals surface area contributed by atoms with Crippen molar-refractivity contribution in [2.75, 3.05) is 0 Å². The van der Waals surface area contributed by atoms with Gasteiger partial charge in [-0.3, -0.25) is 4.79 Å². The van der Waals surface area contributed by atoms with Crippen LogP contribution in [0.1, 0.15) is 27.0 Å². The van der Waals surface area contributed by atoms with E-state index in [1.54, 1.807) is 12.1 Å². The van der Waals surface area contributed by atoms with Crippen LogP contribution in [0.25, 0.3) is 0 Å². The van der Waals surface area contributed by atoms with E-state index in [1.807, 2.05) is 30.3 Å². The van der Waals surface area contributed by atoms with Gasteiger partial charge in [-0.25, -0.2) is 0 Å². The molecule has 1 aliphatic rings. The van der Waals surface area contributed by atoms with Crippen LogP contribution in [0.5, 0.6) is 0 Å². The van der Waals surface area contributed by atoms with Gasteiger partial charge in [-0.15, -0.1) is 0 Å². The van der Waals surface area contributed by atoms with Crippen LogP contribution in [0.4, 0.5) is 0 Å². The lowest BCUT2D eigenvalue weighted by atomic mass is 9.99. The second kappa shape index (κ2) is 4.56. The Morgan fingerprint density at radius 3 is 2.67 bits per heavy atom. The fraction of sp³-hybridized carbons (Fsp3) is 0.133. The Bertz CT molecular complexity index is 622. The van der Waals surface area contributed by atoms with Crippen LogP contribution in [0, 0.1) is 0 Å². The second-order valence-corrected chi connectivity index (χ2v) is 4.80. The quantitative estimate of drug-likeness (QED) is 0.838. The number of rotatable bonds is 2. The van der Waals surface area contributed by atoms with E-state index in [1.165, 1.54) is 11.1 Å². The van der Waals surface area contributed by atoms with Gasteiger partial charge < -0.3 is 5.32 Å². The molecule has 0 spiro atoms. The van der Waals surface area contributed by atoms with Crippen molar-refractivity contribution in [3.8, 4) is 0 Å². The number of fused-ring (bicyclic) bond motifs is 1. The number of nitrogens with one attached hydrogen (secondary N) is 1. The van der Waals surface area contributed by atoms with Crippen molar-refractivity contribution in [1.82, 2.24) is 5.32 Å². The molecular weight excluding hydrogens is 246 g/mol. The van der Waals surface area contributed by atoms with Crippen molar-refractivity contribution in [2.45, 2.75) is 13.1 Å². The van der Waals surface area contributed by atoms with Gasteiger partial charge in [0.05, 0.1) is 5.02 Å². The summed E-state index contributed by atoms with van der Waals surface area (Å²) in [5, 5.41) is 3.77. The SMILES string of the molecule is O=C(c1ccc2c(c1)CNC2)c1ccccc1Cl. The maximum Gasteiger partial charge on any atom is 0.194 e. The summed E-state index contributed by atoms with van der Waals surface area (Å²) in [7, 11) is 0. The van der Waals surface area contributed by atoms with E-state index in [2.05, 4.69) is 5.32 Å². The highest BCUT2D eigenvalue weighted by Gasteiger charge is 2.16. The largest absolute Gasteiger partial charge is 0.309 e. The minimum atomic E-state index is -0.0182. The van der Waals surface area contributed by atoms with Gasteiger partial charge in [0.1, 0.15) is 0 Å². The van der Waals surface area contributed by atoms with E-state index >= 15 is 0 Å². The smallest absolute Gasteiger partial charge is 0.194 e. The molecule has 90 valence electrons. The molecule has 3 rings (SSSR count). The first kappa shape index (κ1) is 11.5. The Morgan fingerprint density at radius 1 is 1.06 bits per heavy atom. The summed E-state index contributed by atoms with van der Waals surface area (Å²) in [6, 6.07) is 13.0. The molecule has 0 aliphatic carbocycles. The summed E-state index contributed by atoms with van der Waals surface area (Å²) in [5.41, 5.74) is 3.73. The molecule has 1 aliphatic heterocycles. The number of benzene rings is 2. The third-order valence-electron chi connectivity index (χ3n) is 3.22. The number of carbonyl (C=O) groups excluding carboxylic acids is 1. The molecule has 0 aromatic heterocycles. The highest BCUT2D eigenvalue weighted by atomic mass is 35.5. The molecule has 2 aromatic carbocycles. The van der Waals surface area contributed by atoms with Crippen molar-refractivity contribution < 1.29 is 4.79 Å². The fourth-order valence-electron chi connectivity index (χ4n) is 2.24. The van der Waals surface area contributed by atoms with E-state index in [-0.39, 0.29) is 5.78 Å². The van der Waals surface area contributed by atoms with Gasteiger partial charge in [-0.05, 0) is 29.3 Å². The van der Waals surface area contributed by atoms with Crippen LogP contribution in [0.2, 0.25) is 5.02 Å². The Balaban J connectivity index is 2.01. The first-order chi connectivity index (χ1) is 8.75. The Morgan fingerprint density at radius 2 is 1.83 bits per heavy atom. The van der Waals surface area contributed by atoms with Crippen LogP contribution in [-0.4, -0.2) is 5.78 Å². The highest BCUT2D eigenvalue weighted by Crippen LogP contribution is 2.22. The molecule has 0 atom stereocenters. The van der Waals surface area contributed by atoms with Crippen molar-refractivity contribution in [3.63, 3.8) is 0 Å². The maximum absolute atomic E-state index is 12.4. The van der Waals surface area contributed by atoms with Gasteiger partial charge in [0.15, 0.2) is 5.78 Å². The summed E-state index contributed by atoms with van der Waals surface area (Å²) in [6.07, 6.45) is 0. The molecule has 0 saturated heterocycles. The molecule has 0 radical (unpaired) electrons. The van der Waals surface area contributed by atoms with Gasteiger partial charge in [0, 0.05) is 24.2 Å². The lowest BCUT2D eigenvalue weighted by molar-refractivity contribution is 0.103. The van der Waals surface area contributed by atoms with Crippen molar-refractivity contribution in [3.05, 3.63) is 69.7 Å². The first-order valence-electron chi connectivity index (χ1n) is 5.87. The third kappa shape index (κ3) is 1.94. The molecular formula is C15H12ClNO. The number of hydrogen-bond donors (Lipinski definition) is 1. The maximum atomic E-state index is 12.4. The van der Waals surface area contributed by atoms with Gasteiger partial charge in [-0.2, -0.15) is 0 Å². The summed E-state index contributed by atoms with van der Waals surface area (Å²) < 4.78 is 0. The van der Waals surface area contributed by atoms with Crippen molar-refractivity contribution in [1.29, 1.82) is 0 Å². The molecule has 0 fully saturated rings. The van der Waals surface area contributed by atoms with E-state index < -0.39 is 0 Å². The topological polar surface area (TPSA) is 29.1 Å². The molecule has 0 bridgehead atoms. The number of halogens is 1. The van der Waals surface area contributed by atoms with Crippen molar-refractivity contribution in [2.24, 2.45) is 0 Å². The monoisotopic (exact) mass is 257 g/mol. The second-order valence-electron chi connectivity index (χ2n) is 4.40. The average molecular weight is 258 g/mol. The van der Waals surface area contributed by atoms with Gasteiger partial charge in [0.2, 0.25) is 0 Å². The Hall–Kier alpha value is -1.64. The summed E-state index contributed by atoms with van der Waals surface area (Å²) in [4.78, 5) is 12.4. The lowest BCUT2D eigenvalue weighted by Gasteiger charge is -2.05. The predicted octanol–water partition coefficient (Wildman–Crippen LogP) is 3.17. The zero-order valence-corrected chi connectivity index (χ0v) is 10.5. The molecule has 0 saturated carbocycles. The predicted molar refractivity (Wildman–Crippen MR) is 71.9 cm³/mol. The Kier molecular flexibility index (Phi) is 2.90. The van der Waals surface area contributed by atoms with Crippen LogP contribution in [0.3, 0.4) is 0 Å². The van der Waals surface area contributed by atoms with E-state index in [0.717, 1.165) is 13.1 Å². The third-order valence-corrected chi connectivity index (χ3v) is 3.55. The minimum Gasteiger partial charge on any atom is -0.309 e. The number of hydrogen-bond acceptors (Lipinski definition) is 2. The van der Waals surface area contributed by atoms with Crippen LogP contribution < -0.4 is 5.32 Å². The van der Waals surface area contributed by atoms with Crippen LogP contribution in [0.15, 0.2) is 42.5 Å². The van der Waals surface area contributed by atoms with E-state index in [9.17, 15) is 4.79 Å². The molecule has 3 heteroatoms. The highest BCUT2D eigenvalue weighted by molar-refractivity contribution is 6.34. The summed E-state index contributed by atoms with van der Waals surface area (Å²) in [6.45, 7) is 1.72. The number of ketones is 1. The molecule has 18 heavy (non-hydrogen) atoms. The number of carbonyl (C=O) groups is 1. The lowest BCUT2D eigenvalue weighted by Crippen LogP contribution is -2.03. The van der Waals surface area contributed by atoms with E-state index in [4.69, 9.17) is 11.6 Å². The van der Waals surface area contributed by atoms with Gasteiger partial charge in [-0.1, -0.05) is 35.9 Å². The first-order valence-corrected chi connectivity index (χ1v) is 6.25. The molecule has 1 N–H and O–H groups in total. The van der Waals surface area contributed by atoms with Crippen molar-refractivity contribution >= 4 is 17.4 Å². The summed E-state index contributed by atoms with van der Waals surface area (Å²) in [5.74, 6) is -0.0182. The normalized spacial score (nSPS) is 13.4. The van der Waals surface area contributed by atoms with Gasteiger partial charge >= 0.3 is 0 Å². The average Bonchev–Trinajstić information content (AvgIpc) is 2.85.